The number of H-pyrrole nitrogens is 2. The molecule has 5 heterocycles. The molecule has 7 heteroatoms. The van der Waals surface area contributed by atoms with E-state index in [0.29, 0.717) is 16.6 Å². The van der Waals surface area contributed by atoms with Gasteiger partial charge in [-0.3, -0.25) is 0 Å². The van der Waals surface area contributed by atoms with Crippen LogP contribution in [-0.4, -0.2) is 26.5 Å². The molecule has 0 fully saturated rings. The zero-order valence-corrected chi connectivity index (χ0v) is 20.1. The van der Waals surface area contributed by atoms with Crippen LogP contribution >= 0.6 is 0 Å². The van der Waals surface area contributed by atoms with Crippen LogP contribution in [0.25, 0.3) is 46.4 Å². The maximum absolute atomic E-state index is 14.0. The Bertz CT molecular complexity index is 1750. The van der Waals surface area contributed by atoms with E-state index in [1.54, 1.807) is 0 Å². The van der Waals surface area contributed by atoms with Gasteiger partial charge in [0.1, 0.15) is 11.6 Å². The molecule has 0 spiro atoms. The lowest BCUT2D eigenvalue weighted by Crippen LogP contribution is -2.06. The number of aromatic amines is 2. The van der Waals surface area contributed by atoms with Crippen molar-refractivity contribution in [2.24, 2.45) is 0 Å². The predicted molar refractivity (Wildman–Crippen MR) is 143 cm³/mol. The largest absolute Gasteiger partial charge is 0.373 e. The Hall–Kier alpha value is -4.36. The molecule has 1 unspecified atom stereocenters. The molecule has 0 aliphatic carbocycles. The minimum absolute atomic E-state index is 0.00605. The van der Waals surface area contributed by atoms with E-state index in [9.17, 15) is 8.78 Å². The molecule has 8 bridgehead atoms. The molecule has 2 N–H and O–H groups in total. The highest BCUT2D eigenvalue weighted by Crippen LogP contribution is 2.26. The van der Waals surface area contributed by atoms with Gasteiger partial charge in [-0.1, -0.05) is 6.07 Å². The number of nitrogens with zero attached hydrogens (tertiary/aromatic N) is 2. The molecule has 2 aliphatic rings. The molecule has 5 nitrogen and oxygen atoms in total. The zero-order valence-electron chi connectivity index (χ0n) is 21.1. The third-order valence-corrected chi connectivity index (χ3v) is 6.31. The molecule has 37 heavy (non-hydrogen) atoms. The van der Waals surface area contributed by atoms with Crippen molar-refractivity contribution in [1.29, 1.82) is 0 Å². The minimum atomic E-state index is -0.593. The van der Waals surface area contributed by atoms with Crippen molar-refractivity contribution in [3.8, 4) is 0 Å². The van der Waals surface area contributed by atoms with Crippen molar-refractivity contribution < 1.29 is 14.9 Å². The summed E-state index contributed by atoms with van der Waals surface area (Å²) in [5.41, 5.74) is 6.80. The van der Waals surface area contributed by atoms with Crippen molar-refractivity contribution in [3.63, 3.8) is 0 Å². The number of aromatic nitrogens is 4. The van der Waals surface area contributed by atoms with Gasteiger partial charge in [-0.15, -0.1) is 0 Å². The van der Waals surface area contributed by atoms with Crippen molar-refractivity contribution in [3.05, 3.63) is 106 Å². The Morgan fingerprint density at radius 2 is 1.43 bits per heavy atom. The van der Waals surface area contributed by atoms with Crippen LogP contribution in [0.2, 0.25) is 0 Å². The highest BCUT2D eigenvalue weighted by Gasteiger charge is 2.14. The highest BCUT2D eigenvalue weighted by molar-refractivity contribution is 5.78. The van der Waals surface area contributed by atoms with Crippen molar-refractivity contribution in [1.82, 2.24) is 19.9 Å². The van der Waals surface area contributed by atoms with Gasteiger partial charge in [0.25, 0.3) is 0 Å². The molecule has 1 aromatic carbocycles. The Labute approximate surface area is 213 Å². The summed E-state index contributed by atoms with van der Waals surface area (Å²) in [6, 6.07) is 15.6. The monoisotopic (exact) mass is 495 g/mol. The number of halogens is 2. The quantitative estimate of drug-likeness (QED) is 0.265. The lowest BCUT2D eigenvalue weighted by Gasteiger charge is -2.13. The van der Waals surface area contributed by atoms with Crippen LogP contribution in [0.5, 0.6) is 0 Å². The Kier molecular flexibility index (Phi) is 5.68. The molecule has 184 valence electrons. The van der Waals surface area contributed by atoms with Gasteiger partial charge in [-0.05, 0) is 85.8 Å². The molecule has 4 aromatic rings. The lowest BCUT2D eigenvalue weighted by molar-refractivity contribution is 0.0684. The second kappa shape index (κ2) is 9.59. The zero-order chi connectivity index (χ0) is 26.2. The molecule has 0 amide bonds. The Morgan fingerprint density at radius 3 is 2.14 bits per heavy atom. The van der Waals surface area contributed by atoms with E-state index in [2.05, 4.69) is 19.9 Å². The maximum atomic E-state index is 14.0. The first-order valence-electron chi connectivity index (χ1n) is 12.6. The first kappa shape index (κ1) is 21.9. The van der Waals surface area contributed by atoms with Gasteiger partial charge < -0.3 is 14.7 Å². The van der Waals surface area contributed by atoms with E-state index in [-0.39, 0.29) is 24.6 Å². The van der Waals surface area contributed by atoms with Crippen molar-refractivity contribution in [2.45, 2.75) is 19.4 Å². The minimum Gasteiger partial charge on any atom is -0.373 e. The number of fused-ring (bicyclic) bond motifs is 8. The standard InChI is InChI=1S/C30H24F2N4O/c1-18(37-12-11-26-28(31)3-2-4-29(26)32)27-16-25-15-23-8-7-21(34-23)13-19-5-6-20(33-19)14-22-9-10-24(35-22)17-30(27)36-25/h2-10,13-18,34,36H,11-12H2,1H3/i16D. The molecular weight excluding hydrogens is 470 g/mol. The van der Waals surface area contributed by atoms with E-state index >= 15 is 0 Å². The summed E-state index contributed by atoms with van der Waals surface area (Å²) in [6.07, 6.45) is 7.30. The number of ether oxygens (including phenoxy) is 1. The summed E-state index contributed by atoms with van der Waals surface area (Å²) >= 11 is 0. The number of hydrogen-bond donors (Lipinski definition) is 2. The van der Waals surface area contributed by atoms with E-state index in [1.165, 1.54) is 18.2 Å². The fourth-order valence-electron chi connectivity index (χ4n) is 4.48. The third kappa shape index (κ3) is 4.99. The number of nitrogens with one attached hydrogen (secondary N) is 2. The first-order chi connectivity index (χ1) is 18.4. The number of hydrogen-bond acceptors (Lipinski definition) is 3. The molecular formula is C30H24F2N4O. The molecule has 6 rings (SSSR count). The Balaban J connectivity index is 1.44. The number of rotatable bonds is 5. The number of benzene rings is 1. The summed E-state index contributed by atoms with van der Waals surface area (Å²) in [4.78, 5) is 16.0. The van der Waals surface area contributed by atoms with Gasteiger partial charge in [0.15, 0.2) is 0 Å². The van der Waals surface area contributed by atoms with E-state index in [0.717, 1.165) is 33.8 Å². The van der Waals surface area contributed by atoms with Gasteiger partial charge >= 0.3 is 0 Å². The fraction of sp³-hybridized carbons (Fsp3) is 0.133. The van der Waals surface area contributed by atoms with Gasteiger partial charge in [0.2, 0.25) is 0 Å². The smallest absolute Gasteiger partial charge is 0.129 e. The van der Waals surface area contributed by atoms with E-state index in [1.807, 2.05) is 67.6 Å². The first-order valence-corrected chi connectivity index (χ1v) is 12.1. The highest BCUT2D eigenvalue weighted by atomic mass is 19.1. The van der Waals surface area contributed by atoms with E-state index < -0.39 is 17.7 Å². The van der Waals surface area contributed by atoms with Crippen LogP contribution in [0.4, 0.5) is 8.78 Å². The van der Waals surface area contributed by atoms with Crippen LogP contribution in [0.3, 0.4) is 0 Å². The van der Waals surface area contributed by atoms with Gasteiger partial charge in [-0.25, -0.2) is 18.7 Å². The summed E-state index contributed by atoms with van der Waals surface area (Å²) in [7, 11) is 0. The SMILES string of the molecule is [2H]c1c(C(C)OCCc2c(F)cccc2F)c2cc3nc(cc4nc(cc5ccc(cc1[nH]2)[nH]5)C=C4)C=C3. The predicted octanol–water partition coefficient (Wildman–Crippen LogP) is 7.25. The molecule has 1 atom stereocenters. The van der Waals surface area contributed by atoms with Crippen LogP contribution < -0.4 is 0 Å². The molecule has 0 saturated carbocycles. The second-order valence-electron chi connectivity index (χ2n) is 8.99. The van der Waals surface area contributed by atoms with Crippen LogP contribution in [0.1, 0.15) is 48.3 Å². The normalized spacial score (nSPS) is 13.6. The summed E-state index contributed by atoms with van der Waals surface area (Å²) in [5.74, 6) is -1.19. The average Bonchev–Trinajstić information content (AvgIpc) is 3.67. The average molecular weight is 496 g/mol. The summed E-state index contributed by atoms with van der Waals surface area (Å²) in [5, 5.41) is 0. The second-order valence-corrected chi connectivity index (χ2v) is 8.99. The van der Waals surface area contributed by atoms with Crippen molar-refractivity contribution >= 4 is 46.4 Å². The molecule has 2 aliphatic heterocycles. The molecule has 0 radical (unpaired) electrons. The van der Waals surface area contributed by atoms with Crippen molar-refractivity contribution in [2.75, 3.05) is 6.61 Å². The fourth-order valence-corrected chi connectivity index (χ4v) is 4.48. The van der Waals surface area contributed by atoms with Crippen LogP contribution in [0, 0.1) is 11.6 Å². The summed E-state index contributed by atoms with van der Waals surface area (Å²) < 4.78 is 43.0. The summed E-state index contributed by atoms with van der Waals surface area (Å²) in [6.45, 7) is 1.93. The third-order valence-electron chi connectivity index (χ3n) is 6.31. The van der Waals surface area contributed by atoms with Crippen LogP contribution in [0.15, 0.2) is 60.6 Å². The van der Waals surface area contributed by atoms with E-state index in [4.69, 9.17) is 6.11 Å². The van der Waals surface area contributed by atoms with Gasteiger partial charge in [0, 0.05) is 39.6 Å². The lowest BCUT2D eigenvalue weighted by atomic mass is 10.1. The molecule has 3 aromatic heterocycles. The Morgan fingerprint density at radius 1 is 0.811 bits per heavy atom. The molecule has 0 saturated heterocycles. The van der Waals surface area contributed by atoms with Gasteiger partial charge in [-0.2, -0.15) is 0 Å². The van der Waals surface area contributed by atoms with Crippen LogP contribution in [-0.2, 0) is 11.2 Å². The topological polar surface area (TPSA) is 66.6 Å². The maximum Gasteiger partial charge on any atom is 0.129 e. The van der Waals surface area contributed by atoms with Gasteiger partial charge in [0.05, 0.1) is 36.9 Å².